The molecular formula is C23H21Cl2NO2. The minimum absolute atomic E-state index is 0.0681. The highest BCUT2D eigenvalue weighted by atomic mass is 35.5. The maximum atomic E-state index is 12.3. The molecule has 0 fully saturated rings. The lowest BCUT2D eigenvalue weighted by molar-refractivity contribution is -0.123. The van der Waals surface area contributed by atoms with Crippen LogP contribution >= 0.6 is 23.2 Å². The van der Waals surface area contributed by atoms with Crippen molar-refractivity contribution in [2.45, 2.75) is 19.4 Å². The molecule has 5 heteroatoms. The molecule has 0 saturated heterocycles. The second-order valence-electron chi connectivity index (χ2n) is 6.51. The van der Waals surface area contributed by atoms with Crippen LogP contribution in [0.25, 0.3) is 0 Å². The molecule has 0 aliphatic carbocycles. The molecule has 0 aliphatic rings. The normalized spacial score (nSPS) is 11.7. The van der Waals surface area contributed by atoms with Gasteiger partial charge in [0.2, 0.25) is 0 Å². The van der Waals surface area contributed by atoms with Crippen molar-refractivity contribution >= 4 is 29.1 Å². The highest BCUT2D eigenvalue weighted by Crippen LogP contribution is 2.26. The van der Waals surface area contributed by atoms with Crippen molar-refractivity contribution in [3.63, 3.8) is 0 Å². The van der Waals surface area contributed by atoms with Gasteiger partial charge in [0, 0.05) is 16.5 Å². The van der Waals surface area contributed by atoms with E-state index in [0.717, 1.165) is 17.5 Å². The van der Waals surface area contributed by atoms with Crippen molar-refractivity contribution in [3.8, 4) is 5.75 Å². The van der Waals surface area contributed by atoms with Crippen LogP contribution in [0.4, 0.5) is 0 Å². The Balaban J connectivity index is 1.60. The smallest absolute Gasteiger partial charge is 0.258 e. The van der Waals surface area contributed by atoms with Gasteiger partial charge < -0.3 is 10.1 Å². The van der Waals surface area contributed by atoms with Crippen LogP contribution in [-0.4, -0.2) is 12.5 Å². The third-order valence-corrected chi connectivity index (χ3v) is 4.94. The molecule has 3 aromatic carbocycles. The fourth-order valence-corrected chi connectivity index (χ4v) is 3.54. The number of nitrogens with one attached hydrogen (secondary N) is 1. The van der Waals surface area contributed by atoms with Crippen molar-refractivity contribution in [1.29, 1.82) is 0 Å². The van der Waals surface area contributed by atoms with Gasteiger partial charge in [0.25, 0.3) is 5.91 Å². The lowest BCUT2D eigenvalue weighted by Gasteiger charge is -2.17. The number of rotatable bonds is 7. The molecule has 0 spiro atoms. The fourth-order valence-electron chi connectivity index (χ4n) is 2.96. The monoisotopic (exact) mass is 413 g/mol. The van der Waals surface area contributed by atoms with Crippen molar-refractivity contribution in [2.75, 3.05) is 6.61 Å². The summed E-state index contributed by atoms with van der Waals surface area (Å²) in [6.45, 7) is 1.80. The Morgan fingerprint density at radius 2 is 1.71 bits per heavy atom. The van der Waals surface area contributed by atoms with E-state index in [1.807, 2.05) is 55.5 Å². The average Bonchev–Trinajstić information content (AvgIpc) is 2.68. The molecule has 0 saturated carbocycles. The van der Waals surface area contributed by atoms with Gasteiger partial charge in [0.05, 0.1) is 6.04 Å². The summed E-state index contributed by atoms with van der Waals surface area (Å²) in [5, 5.41) is 3.99. The molecule has 0 unspecified atom stereocenters. The topological polar surface area (TPSA) is 38.3 Å². The minimum atomic E-state index is -0.250. The number of ether oxygens (including phenoxy) is 1. The molecule has 1 N–H and O–H groups in total. The molecule has 3 rings (SSSR count). The standard InChI is InChI=1S/C23H21Cl2NO2/c1-16(20-12-11-19(24)14-21(20)25)26-23(27)15-28-22-10-6-5-9-18(22)13-17-7-3-2-4-8-17/h2-12,14,16H,13,15H2,1H3,(H,26,27)/t16-/m0/s1. The van der Waals surface area contributed by atoms with E-state index in [-0.39, 0.29) is 18.6 Å². The zero-order valence-electron chi connectivity index (χ0n) is 15.5. The van der Waals surface area contributed by atoms with E-state index in [9.17, 15) is 4.79 Å². The van der Waals surface area contributed by atoms with E-state index in [4.69, 9.17) is 27.9 Å². The molecule has 0 radical (unpaired) electrons. The van der Waals surface area contributed by atoms with Gasteiger partial charge in [-0.2, -0.15) is 0 Å². The quantitative estimate of drug-likeness (QED) is 0.528. The Hall–Kier alpha value is -2.49. The van der Waals surface area contributed by atoms with Crippen LogP contribution < -0.4 is 10.1 Å². The van der Waals surface area contributed by atoms with Crippen molar-refractivity contribution in [3.05, 3.63) is 99.5 Å². The number of carbonyl (C=O) groups is 1. The van der Waals surface area contributed by atoms with Gasteiger partial charge in [-0.15, -0.1) is 0 Å². The number of para-hydroxylation sites is 1. The first kappa shape index (κ1) is 20.2. The maximum absolute atomic E-state index is 12.3. The Morgan fingerprint density at radius 1 is 1.00 bits per heavy atom. The van der Waals surface area contributed by atoms with Gasteiger partial charge in [-0.25, -0.2) is 0 Å². The highest BCUT2D eigenvalue weighted by molar-refractivity contribution is 6.35. The summed E-state index contributed by atoms with van der Waals surface area (Å²) in [4.78, 5) is 12.3. The van der Waals surface area contributed by atoms with Gasteiger partial charge >= 0.3 is 0 Å². The Kier molecular flexibility index (Phi) is 6.96. The van der Waals surface area contributed by atoms with Crippen LogP contribution in [-0.2, 0) is 11.2 Å². The lowest BCUT2D eigenvalue weighted by atomic mass is 10.0. The summed E-state index contributed by atoms with van der Waals surface area (Å²) >= 11 is 12.1. The highest BCUT2D eigenvalue weighted by Gasteiger charge is 2.14. The number of hydrogen-bond acceptors (Lipinski definition) is 2. The van der Waals surface area contributed by atoms with E-state index < -0.39 is 0 Å². The fraction of sp³-hybridized carbons (Fsp3) is 0.174. The summed E-state index contributed by atoms with van der Waals surface area (Å²) in [5.74, 6) is 0.492. The Bertz CT molecular complexity index is 944. The van der Waals surface area contributed by atoms with Crippen molar-refractivity contribution in [2.24, 2.45) is 0 Å². The lowest BCUT2D eigenvalue weighted by Crippen LogP contribution is -2.31. The third kappa shape index (κ3) is 5.51. The van der Waals surface area contributed by atoms with Gasteiger partial charge in [0.15, 0.2) is 6.61 Å². The summed E-state index contributed by atoms with van der Waals surface area (Å²) in [7, 11) is 0. The predicted octanol–water partition coefficient (Wildman–Crippen LogP) is 5.84. The van der Waals surface area contributed by atoms with Gasteiger partial charge in [-0.05, 0) is 41.8 Å². The first-order valence-corrected chi connectivity index (χ1v) is 9.77. The molecule has 144 valence electrons. The molecule has 0 heterocycles. The number of carbonyl (C=O) groups excluding carboxylic acids is 1. The maximum Gasteiger partial charge on any atom is 0.258 e. The van der Waals surface area contributed by atoms with Crippen LogP contribution in [0.5, 0.6) is 5.75 Å². The third-order valence-electron chi connectivity index (χ3n) is 4.38. The second-order valence-corrected chi connectivity index (χ2v) is 7.36. The summed E-state index contributed by atoms with van der Waals surface area (Å²) < 4.78 is 5.79. The molecule has 3 nitrogen and oxygen atoms in total. The van der Waals surface area contributed by atoms with Crippen LogP contribution in [0.15, 0.2) is 72.8 Å². The molecule has 1 amide bonds. The minimum Gasteiger partial charge on any atom is -0.483 e. The largest absolute Gasteiger partial charge is 0.483 e. The van der Waals surface area contributed by atoms with Crippen LogP contribution in [0.2, 0.25) is 10.0 Å². The molecular weight excluding hydrogens is 393 g/mol. The number of hydrogen-bond donors (Lipinski definition) is 1. The average molecular weight is 414 g/mol. The van der Waals surface area contributed by atoms with Crippen LogP contribution in [0.1, 0.15) is 29.7 Å². The van der Waals surface area contributed by atoms with E-state index in [1.54, 1.807) is 12.1 Å². The first-order valence-electron chi connectivity index (χ1n) is 9.02. The number of halogens is 2. The van der Waals surface area contributed by atoms with Gasteiger partial charge in [-0.1, -0.05) is 77.8 Å². The molecule has 0 aromatic heterocycles. The number of benzene rings is 3. The molecule has 1 atom stereocenters. The van der Waals surface area contributed by atoms with Crippen molar-refractivity contribution in [1.82, 2.24) is 5.32 Å². The van der Waals surface area contributed by atoms with E-state index in [1.165, 1.54) is 5.56 Å². The first-order chi connectivity index (χ1) is 13.5. The molecule has 0 aliphatic heterocycles. The van der Waals surface area contributed by atoms with Crippen LogP contribution in [0, 0.1) is 0 Å². The Morgan fingerprint density at radius 3 is 2.46 bits per heavy atom. The Labute approximate surface area is 175 Å². The van der Waals surface area contributed by atoms with E-state index >= 15 is 0 Å². The molecule has 28 heavy (non-hydrogen) atoms. The summed E-state index contributed by atoms with van der Waals surface area (Å²) in [6, 6.07) is 22.9. The van der Waals surface area contributed by atoms with Crippen molar-refractivity contribution < 1.29 is 9.53 Å². The summed E-state index contributed by atoms with van der Waals surface area (Å²) in [5.41, 5.74) is 3.04. The molecule has 3 aromatic rings. The van der Waals surface area contributed by atoms with E-state index in [0.29, 0.717) is 15.8 Å². The SMILES string of the molecule is C[C@H](NC(=O)COc1ccccc1Cc1ccccc1)c1ccc(Cl)cc1Cl. The van der Waals surface area contributed by atoms with Gasteiger partial charge in [-0.3, -0.25) is 4.79 Å². The summed E-state index contributed by atoms with van der Waals surface area (Å²) in [6.07, 6.45) is 0.745. The zero-order chi connectivity index (χ0) is 19.9. The van der Waals surface area contributed by atoms with Crippen LogP contribution in [0.3, 0.4) is 0 Å². The zero-order valence-corrected chi connectivity index (χ0v) is 17.0. The second kappa shape index (κ2) is 9.63. The van der Waals surface area contributed by atoms with Gasteiger partial charge in [0.1, 0.15) is 5.75 Å². The predicted molar refractivity (Wildman–Crippen MR) is 114 cm³/mol. The number of amides is 1. The molecule has 0 bridgehead atoms. The van der Waals surface area contributed by atoms with E-state index in [2.05, 4.69) is 17.4 Å².